The maximum Gasteiger partial charge on any atom is 0.274 e. The van der Waals surface area contributed by atoms with Crippen molar-refractivity contribution in [3.05, 3.63) is 145 Å². The molecule has 0 spiro atoms. The lowest BCUT2D eigenvalue weighted by atomic mass is 9.77. The molecule has 2 aliphatic rings. The molecule has 1 aliphatic carbocycles. The number of fused-ring (bicyclic) bond motifs is 1. The van der Waals surface area contributed by atoms with Crippen LogP contribution in [0.15, 0.2) is 113 Å². The molecule has 1 N–H and O–H groups in total. The van der Waals surface area contributed by atoms with E-state index in [9.17, 15) is 33.4 Å². The molecule has 0 bridgehead atoms. The Hall–Kier alpha value is -5.40. The molecule has 6 rings (SSSR count). The van der Waals surface area contributed by atoms with Crippen LogP contribution in [0.3, 0.4) is 0 Å². The molecule has 1 fully saturated rings. The Labute approximate surface area is 274 Å². The Bertz CT molecular complexity index is 2080. The summed E-state index contributed by atoms with van der Waals surface area (Å²) in [5.41, 5.74) is 2.61. The number of amides is 1. The van der Waals surface area contributed by atoms with Gasteiger partial charge in [0.15, 0.2) is 0 Å². The van der Waals surface area contributed by atoms with Gasteiger partial charge < -0.3 is 0 Å². The van der Waals surface area contributed by atoms with Crippen LogP contribution in [0.25, 0.3) is 6.08 Å². The predicted octanol–water partition coefficient (Wildman–Crippen LogP) is 7.39. The molecular weight excluding hydrogens is 646 g/mol. The van der Waals surface area contributed by atoms with E-state index >= 15 is 0 Å². The van der Waals surface area contributed by atoms with Gasteiger partial charge in [-0.1, -0.05) is 41.9 Å². The largest absolute Gasteiger partial charge is 0.280 e. The summed E-state index contributed by atoms with van der Waals surface area (Å²) >= 11 is 5.92. The highest BCUT2D eigenvalue weighted by Crippen LogP contribution is 2.45. The molecule has 1 amide bonds. The molecule has 1 saturated carbocycles. The van der Waals surface area contributed by atoms with Crippen LogP contribution in [0.2, 0.25) is 5.02 Å². The number of halogens is 1. The molecule has 2 unspecified atom stereocenters. The first-order chi connectivity index (χ1) is 22.5. The Morgan fingerprint density at radius 2 is 1.60 bits per heavy atom. The normalized spacial score (nSPS) is 18.4. The molecular formula is C33H26ClN5O7S. The van der Waals surface area contributed by atoms with Crippen molar-refractivity contribution < 1.29 is 23.1 Å². The Balaban J connectivity index is 1.40. The van der Waals surface area contributed by atoms with Gasteiger partial charge in [0.2, 0.25) is 0 Å². The second-order valence-electron chi connectivity index (χ2n) is 11.1. The fraction of sp³-hybridized carbons (Fsp3) is 0.152. The number of nitro groups is 2. The lowest BCUT2D eigenvalue weighted by molar-refractivity contribution is -0.385. The quantitative estimate of drug-likeness (QED) is 0.151. The molecule has 14 heteroatoms. The number of carbonyl (C=O) groups excluding carboxylic acids is 1. The van der Waals surface area contributed by atoms with E-state index in [0.29, 0.717) is 34.7 Å². The monoisotopic (exact) mass is 671 g/mol. The van der Waals surface area contributed by atoms with E-state index in [4.69, 9.17) is 16.7 Å². The lowest BCUT2D eigenvalue weighted by Gasteiger charge is -2.29. The van der Waals surface area contributed by atoms with Gasteiger partial charge in [0.05, 0.1) is 26.5 Å². The van der Waals surface area contributed by atoms with Crippen molar-refractivity contribution in [2.75, 3.05) is 4.72 Å². The number of allylic oxidation sites excluding steroid dienone is 1. The van der Waals surface area contributed by atoms with Crippen molar-refractivity contribution in [3.8, 4) is 0 Å². The number of hydrogen-bond donors (Lipinski definition) is 1. The van der Waals surface area contributed by atoms with E-state index in [1.807, 2.05) is 6.08 Å². The van der Waals surface area contributed by atoms with Gasteiger partial charge in [-0.15, -0.1) is 0 Å². The first kappa shape index (κ1) is 31.6. The molecule has 0 saturated heterocycles. The number of nitrogens with zero attached hydrogens (tertiary/aromatic N) is 4. The van der Waals surface area contributed by atoms with Gasteiger partial charge in [-0.05, 0) is 84.5 Å². The number of anilines is 1. The third-order valence-corrected chi connectivity index (χ3v) is 9.67. The average Bonchev–Trinajstić information content (AvgIpc) is 3.46. The highest BCUT2D eigenvalue weighted by molar-refractivity contribution is 7.92. The minimum atomic E-state index is -4.09. The summed E-state index contributed by atoms with van der Waals surface area (Å²) in [6.07, 6.45) is 3.77. The molecule has 0 aromatic heterocycles. The van der Waals surface area contributed by atoms with E-state index in [-0.39, 0.29) is 33.4 Å². The van der Waals surface area contributed by atoms with Crippen LogP contribution >= 0.6 is 11.6 Å². The van der Waals surface area contributed by atoms with Crippen molar-refractivity contribution >= 4 is 56.4 Å². The summed E-state index contributed by atoms with van der Waals surface area (Å²) in [6.45, 7) is 0. The number of sulfonamides is 1. The van der Waals surface area contributed by atoms with Crippen molar-refractivity contribution in [2.24, 2.45) is 11.0 Å². The number of carbonyl (C=O) groups is 1. The smallest absolute Gasteiger partial charge is 0.274 e. The zero-order valence-corrected chi connectivity index (χ0v) is 26.1. The van der Waals surface area contributed by atoms with Crippen LogP contribution < -0.4 is 4.72 Å². The van der Waals surface area contributed by atoms with E-state index in [0.717, 1.165) is 12.0 Å². The van der Waals surface area contributed by atoms with E-state index in [2.05, 4.69) is 4.72 Å². The van der Waals surface area contributed by atoms with Crippen LogP contribution in [-0.4, -0.2) is 34.9 Å². The molecule has 238 valence electrons. The van der Waals surface area contributed by atoms with Gasteiger partial charge >= 0.3 is 0 Å². The Morgan fingerprint density at radius 3 is 2.32 bits per heavy atom. The summed E-state index contributed by atoms with van der Waals surface area (Å²) in [7, 11) is -4.09. The minimum Gasteiger partial charge on any atom is -0.280 e. The number of rotatable bonds is 8. The molecule has 4 aromatic rings. The first-order valence-electron chi connectivity index (χ1n) is 14.5. The second-order valence-corrected chi connectivity index (χ2v) is 13.2. The standard InChI is InChI=1S/C33H26ClN5O7S/c34-25-13-15-26(16-14-25)36-47(45,46)29-11-3-8-24(20-29)33(40)37-32(23-7-2-10-28(19-23)39(43)44)30-12-4-6-22(31(30)35-37)17-21-5-1-9-27(18-21)38(41)42/h1-3,5,7-11,13-20,30,32,36H,4,6,12H2/b22-17-. The fourth-order valence-corrected chi connectivity index (χ4v) is 7.14. The van der Waals surface area contributed by atoms with Gasteiger partial charge in [-0.2, -0.15) is 5.10 Å². The number of non-ortho nitro benzene ring substituents is 2. The van der Waals surface area contributed by atoms with Crippen molar-refractivity contribution in [1.82, 2.24) is 5.01 Å². The van der Waals surface area contributed by atoms with Crippen LogP contribution in [0, 0.1) is 26.1 Å². The predicted molar refractivity (Wildman–Crippen MR) is 177 cm³/mol. The molecule has 0 radical (unpaired) electrons. The number of nitrogens with one attached hydrogen (secondary N) is 1. The van der Waals surface area contributed by atoms with Gasteiger partial charge in [0, 0.05) is 46.5 Å². The van der Waals surface area contributed by atoms with E-state index in [1.54, 1.807) is 36.4 Å². The number of hydrogen-bond acceptors (Lipinski definition) is 8. The highest BCUT2D eigenvalue weighted by atomic mass is 35.5. The molecule has 47 heavy (non-hydrogen) atoms. The zero-order chi connectivity index (χ0) is 33.3. The lowest BCUT2D eigenvalue weighted by Crippen LogP contribution is -2.32. The maximum absolute atomic E-state index is 14.2. The topological polar surface area (TPSA) is 165 Å². The minimum absolute atomic E-state index is 0.0478. The summed E-state index contributed by atoms with van der Waals surface area (Å²) in [5.74, 6) is -0.931. The van der Waals surface area contributed by atoms with E-state index < -0.39 is 31.8 Å². The second kappa shape index (κ2) is 12.8. The number of hydrazone groups is 1. The molecule has 1 aliphatic heterocycles. The summed E-state index contributed by atoms with van der Waals surface area (Å²) in [6, 6.07) is 23.2. The fourth-order valence-electron chi connectivity index (χ4n) is 5.91. The summed E-state index contributed by atoms with van der Waals surface area (Å²) in [4.78, 5) is 36.1. The van der Waals surface area contributed by atoms with Crippen LogP contribution in [0.1, 0.15) is 46.8 Å². The zero-order valence-electron chi connectivity index (χ0n) is 24.5. The van der Waals surface area contributed by atoms with Crippen molar-refractivity contribution in [1.29, 1.82) is 0 Å². The number of nitro benzene ring substituents is 2. The third-order valence-electron chi connectivity index (χ3n) is 8.04. The van der Waals surface area contributed by atoms with Crippen LogP contribution in [0.4, 0.5) is 17.1 Å². The molecule has 4 aromatic carbocycles. The molecule has 1 heterocycles. The van der Waals surface area contributed by atoms with E-state index in [1.165, 1.54) is 65.7 Å². The van der Waals surface area contributed by atoms with Crippen LogP contribution in [0.5, 0.6) is 0 Å². The molecule has 12 nitrogen and oxygen atoms in total. The van der Waals surface area contributed by atoms with Gasteiger partial charge in [0.1, 0.15) is 0 Å². The third kappa shape index (κ3) is 6.62. The highest BCUT2D eigenvalue weighted by Gasteiger charge is 2.44. The van der Waals surface area contributed by atoms with Gasteiger partial charge in [-0.3, -0.25) is 29.7 Å². The van der Waals surface area contributed by atoms with Crippen molar-refractivity contribution in [3.63, 3.8) is 0 Å². The first-order valence-corrected chi connectivity index (χ1v) is 16.4. The summed E-state index contributed by atoms with van der Waals surface area (Å²) < 4.78 is 29.0. The Morgan fingerprint density at radius 1 is 0.915 bits per heavy atom. The maximum atomic E-state index is 14.2. The number of benzene rings is 4. The average molecular weight is 672 g/mol. The Kier molecular flexibility index (Phi) is 8.58. The van der Waals surface area contributed by atoms with Gasteiger partial charge in [-0.25, -0.2) is 13.4 Å². The molecule has 2 atom stereocenters. The van der Waals surface area contributed by atoms with Crippen molar-refractivity contribution in [2.45, 2.75) is 30.2 Å². The SMILES string of the molecule is O=C(c1cccc(S(=O)(=O)Nc2ccc(Cl)cc2)c1)N1N=C2/C(=C\c3cccc([N+](=O)[O-])c3)CCCC2C1c1cccc([N+](=O)[O-])c1. The van der Waals surface area contributed by atoms with Gasteiger partial charge in [0.25, 0.3) is 27.3 Å². The van der Waals surface area contributed by atoms with Crippen LogP contribution in [-0.2, 0) is 10.0 Å². The summed E-state index contributed by atoms with van der Waals surface area (Å²) in [5, 5.41) is 29.5.